The van der Waals surface area contributed by atoms with Crippen molar-refractivity contribution < 1.29 is 4.74 Å². The molecule has 1 rings (SSSR count). The van der Waals surface area contributed by atoms with E-state index in [9.17, 15) is 0 Å². The summed E-state index contributed by atoms with van der Waals surface area (Å²) < 4.78 is 4.92. The Balaban J connectivity index is 1.88. The minimum absolute atomic E-state index is 0.593. The number of ether oxygens (including phenoxy) is 1. The van der Waals surface area contributed by atoms with Crippen LogP contribution in [0.15, 0.2) is 0 Å². The van der Waals surface area contributed by atoms with Gasteiger partial charge < -0.3 is 4.74 Å². The summed E-state index contributed by atoms with van der Waals surface area (Å²) in [6.45, 7) is 3.05. The van der Waals surface area contributed by atoms with E-state index in [-0.39, 0.29) is 0 Å². The molecule has 0 aromatic heterocycles. The Hall–Kier alpha value is -0.0400. The highest BCUT2D eigenvalue weighted by atomic mass is 16.6. The van der Waals surface area contributed by atoms with Gasteiger partial charge in [-0.1, -0.05) is 6.92 Å². The smallest absolute Gasteiger partial charge is 0.0812 e. The number of hydrogen-bond donors (Lipinski definition) is 0. The molecule has 1 nitrogen and oxygen atoms in total. The van der Waals surface area contributed by atoms with Crippen molar-refractivity contribution in [3.8, 4) is 0 Å². The standard InChI is InChI=1S/C5H9O/c1-2-3-5-4-6-5/h2,5H,3-4H2,1H3. The highest BCUT2D eigenvalue weighted by molar-refractivity contribution is 4.74. The summed E-state index contributed by atoms with van der Waals surface area (Å²) in [6, 6.07) is 0. The van der Waals surface area contributed by atoms with Crippen LogP contribution in [0.25, 0.3) is 0 Å². The largest absolute Gasteiger partial charge is 0.373 e. The molecule has 6 heavy (non-hydrogen) atoms. The van der Waals surface area contributed by atoms with E-state index in [1.165, 1.54) is 0 Å². The third-order valence-electron chi connectivity index (χ3n) is 0.901. The first-order chi connectivity index (χ1) is 2.93. The minimum atomic E-state index is 0.593. The Morgan fingerprint density at radius 2 is 2.67 bits per heavy atom. The van der Waals surface area contributed by atoms with Crippen molar-refractivity contribution in [2.45, 2.75) is 19.4 Å². The van der Waals surface area contributed by atoms with Crippen LogP contribution in [0.5, 0.6) is 0 Å². The molecule has 0 spiro atoms. The zero-order valence-electron chi connectivity index (χ0n) is 3.98. The van der Waals surface area contributed by atoms with Gasteiger partial charge in [0.05, 0.1) is 12.7 Å². The van der Waals surface area contributed by atoms with Gasteiger partial charge in [-0.15, -0.1) is 0 Å². The summed E-state index contributed by atoms with van der Waals surface area (Å²) in [7, 11) is 0. The molecule has 1 saturated heterocycles. The van der Waals surface area contributed by atoms with E-state index in [4.69, 9.17) is 4.74 Å². The van der Waals surface area contributed by atoms with Crippen LogP contribution in [0.3, 0.4) is 0 Å². The summed E-state index contributed by atoms with van der Waals surface area (Å²) in [6.07, 6.45) is 3.87. The molecule has 1 aliphatic rings. The van der Waals surface area contributed by atoms with Crippen LogP contribution in [0, 0.1) is 6.42 Å². The fraction of sp³-hybridized carbons (Fsp3) is 0.800. The van der Waals surface area contributed by atoms with Gasteiger partial charge in [-0.25, -0.2) is 0 Å². The van der Waals surface area contributed by atoms with Crippen molar-refractivity contribution >= 4 is 0 Å². The van der Waals surface area contributed by atoms with Gasteiger partial charge in [0.25, 0.3) is 0 Å². The normalized spacial score (nSPS) is 30.5. The molecule has 1 heteroatoms. The highest BCUT2D eigenvalue weighted by Gasteiger charge is 2.19. The van der Waals surface area contributed by atoms with Crippen molar-refractivity contribution in [2.24, 2.45) is 0 Å². The molecule has 1 unspecified atom stereocenters. The molecule has 0 aliphatic carbocycles. The lowest BCUT2D eigenvalue weighted by Gasteiger charge is -1.79. The zero-order valence-corrected chi connectivity index (χ0v) is 3.98. The lowest BCUT2D eigenvalue weighted by molar-refractivity contribution is 0.406. The van der Waals surface area contributed by atoms with E-state index in [1.807, 2.05) is 0 Å². The summed E-state index contributed by atoms with van der Waals surface area (Å²) in [4.78, 5) is 0. The number of rotatable bonds is 2. The third kappa shape index (κ3) is 0.977. The number of hydrogen-bond acceptors (Lipinski definition) is 1. The Kier molecular flexibility index (Phi) is 1.10. The maximum absolute atomic E-state index is 4.92. The van der Waals surface area contributed by atoms with Crippen molar-refractivity contribution in [3.05, 3.63) is 6.42 Å². The van der Waals surface area contributed by atoms with E-state index in [0.29, 0.717) is 6.10 Å². The predicted octanol–water partition coefficient (Wildman–Crippen LogP) is 0.999. The van der Waals surface area contributed by atoms with E-state index >= 15 is 0 Å². The molecule has 0 aromatic rings. The summed E-state index contributed by atoms with van der Waals surface area (Å²) >= 11 is 0. The molecule has 1 heterocycles. The summed E-state index contributed by atoms with van der Waals surface area (Å²) in [5.74, 6) is 0. The molecule has 1 radical (unpaired) electrons. The van der Waals surface area contributed by atoms with Crippen LogP contribution in [-0.2, 0) is 4.74 Å². The molecule has 0 saturated carbocycles. The summed E-state index contributed by atoms with van der Waals surface area (Å²) in [5, 5.41) is 0. The van der Waals surface area contributed by atoms with Gasteiger partial charge in [0.2, 0.25) is 0 Å². The molecule has 1 fully saturated rings. The maximum atomic E-state index is 4.92. The van der Waals surface area contributed by atoms with Crippen molar-refractivity contribution in [1.29, 1.82) is 0 Å². The van der Waals surface area contributed by atoms with Crippen LogP contribution in [0.1, 0.15) is 13.3 Å². The lowest BCUT2D eigenvalue weighted by atomic mass is 10.3. The molecule has 0 aromatic carbocycles. The van der Waals surface area contributed by atoms with Crippen LogP contribution >= 0.6 is 0 Å². The van der Waals surface area contributed by atoms with E-state index in [2.05, 4.69) is 13.3 Å². The Morgan fingerprint density at radius 1 is 2.00 bits per heavy atom. The predicted molar refractivity (Wildman–Crippen MR) is 24.3 cm³/mol. The van der Waals surface area contributed by atoms with E-state index < -0.39 is 0 Å². The van der Waals surface area contributed by atoms with Gasteiger partial charge in [-0.3, -0.25) is 0 Å². The average Bonchev–Trinajstić information content (AvgIpc) is 2.21. The zero-order chi connectivity index (χ0) is 4.41. The Morgan fingerprint density at radius 3 is 2.83 bits per heavy atom. The first-order valence-corrected chi connectivity index (χ1v) is 2.33. The van der Waals surface area contributed by atoms with Gasteiger partial charge in [0.1, 0.15) is 0 Å². The Labute approximate surface area is 38.3 Å². The summed E-state index contributed by atoms with van der Waals surface area (Å²) in [5.41, 5.74) is 0. The molecule has 1 atom stereocenters. The molecule has 1 aliphatic heterocycles. The van der Waals surface area contributed by atoms with Crippen LogP contribution in [-0.4, -0.2) is 12.7 Å². The van der Waals surface area contributed by atoms with Crippen LogP contribution in [0.4, 0.5) is 0 Å². The molecule has 35 valence electrons. The molecule has 0 amide bonds. The first kappa shape index (κ1) is 4.13. The second kappa shape index (κ2) is 1.61. The average molecular weight is 85.1 g/mol. The fourth-order valence-corrected chi connectivity index (χ4v) is 0.467. The van der Waals surface area contributed by atoms with Gasteiger partial charge in [-0.2, -0.15) is 0 Å². The van der Waals surface area contributed by atoms with Crippen molar-refractivity contribution in [3.63, 3.8) is 0 Å². The first-order valence-electron chi connectivity index (χ1n) is 2.33. The fourth-order valence-electron chi connectivity index (χ4n) is 0.467. The van der Waals surface area contributed by atoms with Crippen LogP contribution < -0.4 is 0 Å². The lowest BCUT2D eigenvalue weighted by Crippen LogP contribution is -1.79. The van der Waals surface area contributed by atoms with Crippen molar-refractivity contribution in [2.75, 3.05) is 6.61 Å². The third-order valence-corrected chi connectivity index (χ3v) is 0.901. The van der Waals surface area contributed by atoms with Gasteiger partial charge in [0.15, 0.2) is 0 Å². The SMILES string of the molecule is C[CH]CC1CO1. The van der Waals surface area contributed by atoms with E-state index in [0.717, 1.165) is 13.0 Å². The molecular formula is C5H9O. The van der Waals surface area contributed by atoms with Gasteiger partial charge >= 0.3 is 0 Å². The maximum Gasteiger partial charge on any atom is 0.0812 e. The van der Waals surface area contributed by atoms with Gasteiger partial charge in [-0.05, 0) is 12.8 Å². The van der Waals surface area contributed by atoms with E-state index in [1.54, 1.807) is 0 Å². The highest BCUT2D eigenvalue weighted by Crippen LogP contribution is 2.13. The second-order valence-electron chi connectivity index (χ2n) is 1.60. The monoisotopic (exact) mass is 85.1 g/mol. The minimum Gasteiger partial charge on any atom is -0.373 e. The van der Waals surface area contributed by atoms with Crippen molar-refractivity contribution in [1.82, 2.24) is 0 Å². The molecular weight excluding hydrogens is 76.1 g/mol. The van der Waals surface area contributed by atoms with Crippen LogP contribution in [0.2, 0.25) is 0 Å². The number of epoxide rings is 1. The second-order valence-corrected chi connectivity index (χ2v) is 1.60. The topological polar surface area (TPSA) is 12.5 Å². The quantitative estimate of drug-likeness (QED) is 0.456. The molecule has 0 N–H and O–H groups in total. The molecule has 0 bridgehead atoms. The Bertz CT molecular complexity index is 39.2. The van der Waals surface area contributed by atoms with Gasteiger partial charge in [0, 0.05) is 0 Å².